The van der Waals surface area contributed by atoms with Gasteiger partial charge < -0.3 is 18.7 Å². The molecule has 3 heterocycles. The zero-order valence-corrected chi connectivity index (χ0v) is 16.2. The Morgan fingerprint density at radius 2 is 1.86 bits per heavy atom. The zero-order valence-electron chi connectivity index (χ0n) is 16.2. The summed E-state index contributed by atoms with van der Waals surface area (Å²) in [5.41, 5.74) is 4.91. The lowest BCUT2D eigenvalue weighted by atomic mass is 10.1. The van der Waals surface area contributed by atoms with Crippen LogP contribution in [0.5, 0.6) is 0 Å². The molecule has 0 saturated carbocycles. The number of aryl methyl sites for hydroxylation is 1. The van der Waals surface area contributed by atoms with Crippen molar-refractivity contribution in [2.45, 2.75) is 20.4 Å². The van der Waals surface area contributed by atoms with Crippen LogP contribution >= 0.6 is 0 Å². The first-order valence-electron chi connectivity index (χ1n) is 9.64. The van der Waals surface area contributed by atoms with Crippen LogP contribution < -0.4 is 10.9 Å². The van der Waals surface area contributed by atoms with Crippen molar-refractivity contribution < 1.29 is 9.53 Å². The van der Waals surface area contributed by atoms with Gasteiger partial charge in [0.15, 0.2) is 0 Å². The molecule has 29 heavy (non-hydrogen) atoms. The minimum absolute atomic E-state index is 0.131. The van der Waals surface area contributed by atoms with Crippen molar-refractivity contribution in [1.82, 2.24) is 14.0 Å². The number of fused-ring (bicyclic) bond motifs is 7. The average Bonchev–Trinajstić information content (AvgIpc) is 3.31. The topological polar surface area (TPSA) is 80.5 Å². The second-order valence-corrected chi connectivity index (χ2v) is 6.89. The molecule has 0 radical (unpaired) electrons. The molecule has 0 aliphatic rings. The van der Waals surface area contributed by atoms with Crippen LogP contribution in [0, 0.1) is 0 Å². The van der Waals surface area contributed by atoms with E-state index in [0.29, 0.717) is 17.8 Å². The lowest BCUT2D eigenvalue weighted by Crippen LogP contribution is -2.13. The summed E-state index contributed by atoms with van der Waals surface area (Å²) in [6.45, 7) is 4.95. The summed E-state index contributed by atoms with van der Waals surface area (Å²) in [5.74, 6) is 0. The maximum absolute atomic E-state index is 12.6. The van der Waals surface area contributed by atoms with Crippen LogP contribution in [0.25, 0.3) is 38.4 Å². The number of hydrogen-bond acceptors (Lipinski definition) is 3. The first kappa shape index (κ1) is 17.4. The number of H-pyrrole nitrogens is 1. The number of rotatable bonds is 3. The van der Waals surface area contributed by atoms with Gasteiger partial charge in [0.25, 0.3) is 5.56 Å². The van der Waals surface area contributed by atoms with Gasteiger partial charge in [0.05, 0.1) is 23.2 Å². The predicted molar refractivity (Wildman–Crippen MR) is 115 cm³/mol. The van der Waals surface area contributed by atoms with Crippen LogP contribution in [-0.4, -0.2) is 26.7 Å². The van der Waals surface area contributed by atoms with Gasteiger partial charge in [-0.05, 0) is 56.3 Å². The lowest BCUT2D eigenvalue weighted by Gasteiger charge is -2.06. The number of aromatic amines is 1. The monoisotopic (exact) mass is 388 g/mol. The largest absolute Gasteiger partial charge is 0.450 e. The molecular formula is C22H20N4O3. The number of ether oxygens (including phenoxy) is 1. The number of hydrogen-bond donors (Lipinski definition) is 2. The first-order chi connectivity index (χ1) is 14.1. The normalized spacial score (nSPS) is 11.7. The molecule has 0 atom stereocenters. The van der Waals surface area contributed by atoms with Crippen molar-refractivity contribution in [1.29, 1.82) is 0 Å². The van der Waals surface area contributed by atoms with E-state index in [-0.39, 0.29) is 5.56 Å². The van der Waals surface area contributed by atoms with Crippen molar-refractivity contribution in [3.05, 3.63) is 59.0 Å². The van der Waals surface area contributed by atoms with Crippen molar-refractivity contribution in [2.24, 2.45) is 0 Å². The van der Waals surface area contributed by atoms with Gasteiger partial charge in [-0.15, -0.1) is 0 Å². The summed E-state index contributed by atoms with van der Waals surface area (Å²) >= 11 is 0. The fourth-order valence-electron chi connectivity index (χ4n) is 4.16. The van der Waals surface area contributed by atoms with Gasteiger partial charge in [-0.3, -0.25) is 10.1 Å². The third-order valence-electron chi connectivity index (χ3n) is 5.33. The minimum atomic E-state index is -0.488. The maximum Gasteiger partial charge on any atom is 0.411 e. The highest BCUT2D eigenvalue weighted by Crippen LogP contribution is 2.35. The number of nitrogens with zero attached hydrogens (tertiary/aromatic N) is 2. The van der Waals surface area contributed by atoms with Crippen LogP contribution in [0.1, 0.15) is 13.8 Å². The number of carbonyl (C=O) groups is 1. The van der Waals surface area contributed by atoms with Crippen molar-refractivity contribution in [2.75, 3.05) is 11.9 Å². The Labute approximate surface area is 165 Å². The molecule has 0 spiro atoms. The minimum Gasteiger partial charge on any atom is -0.450 e. The molecule has 1 amide bonds. The predicted octanol–water partition coefficient (Wildman–Crippen LogP) is 4.48. The summed E-state index contributed by atoms with van der Waals surface area (Å²) in [7, 11) is 0. The quantitative estimate of drug-likeness (QED) is 0.478. The molecule has 0 unspecified atom stereocenters. The molecule has 2 aromatic carbocycles. The molecule has 7 nitrogen and oxygen atoms in total. The van der Waals surface area contributed by atoms with Crippen molar-refractivity contribution in [3.63, 3.8) is 0 Å². The number of nitrogens with one attached hydrogen (secondary N) is 2. The first-order valence-corrected chi connectivity index (χ1v) is 9.64. The Morgan fingerprint density at radius 3 is 2.66 bits per heavy atom. The molecular weight excluding hydrogens is 368 g/mol. The third-order valence-corrected chi connectivity index (χ3v) is 5.33. The van der Waals surface area contributed by atoms with Crippen LogP contribution in [0.4, 0.5) is 10.5 Å². The number of benzene rings is 2. The molecule has 0 saturated heterocycles. The molecule has 0 aliphatic heterocycles. The number of carbonyl (C=O) groups excluding carboxylic acids is 1. The summed E-state index contributed by atoms with van der Waals surface area (Å²) in [4.78, 5) is 27.6. The number of aromatic nitrogens is 3. The maximum atomic E-state index is 12.6. The van der Waals surface area contributed by atoms with Gasteiger partial charge in [0.1, 0.15) is 5.52 Å². The van der Waals surface area contributed by atoms with E-state index in [1.165, 1.54) is 0 Å². The van der Waals surface area contributed by atoms with Crippen molar-refractivity contribution in [3.8, 4) is 0 Å². The summed E-state index contributed by atoms with van der Waals surface area (Å²) in [6.07, 6.45) is 1.41. The van der Waals surface area contributed by atoms with E-state index in [9.17, 15) is 9.59 Å². The van der Waals surface area contributed by atoms with E-state index in [1.807, 2.05) is 40.9 Å². The molecule has 0 bridgehead atoms. The second kappa shape index (κ2) is 6.41. The summed E-state index contributed by atoms with van der Waals surface area (Å²) < 4.78 is 9.10. The molecule has 5 aromatic rings. The lowest BCUT2D eigenvalue weighted by molar-refractivity contribution is 0.168. The average molecular weight is 388 g/mol. The van der Waals surface area contributed by atoms with Gasteiger partial charge in [-0.25, -0.2) is 4.79 Å². The summed E-state index contributed by atoms with van der Waals surface area (Å²) in [6, 6.07) is 13.6. The van der Waals surface area contributed by atoms with Gasteiger partial charge in [0, 0.05) is 34.7 Å². The Hall–Kier alpha value is -3.74. The molecule has 5 rings (SSSR count). The number of amides is 1. The number of anilines is 1. The SMILES string of the molecule is CCOC(=O)Nc1ccc2c(c1)c1c3[nH]c(=O)c4cccn4c3ccc1n2CC. The summed E-state index contributed by atoms with van der Waals surface area (Å²) in [5, 5.41) is 4.68. The van der Waals surface area contributed by atoms with E-state index in [1.54, 1.807) is 13.0 Å². The second-order valence-electron chi connectivity index (χ2n) is 6.89. The van der Waals surface area contributed by atoms with E-state index in [4.69, 9.17) is 4.74 Å². The van der Waals surface area contributed by atoms with Crippen molar-refractivity contribution >= 4 is 50.1 Å². The molecule has 3 aromatic heterocycles. The van der Waals surface area contributed by atoms with E-state index >= 15 is 0 Å². The van der Waals surface area contributed by atoms with Gasteiger partial charge in [-0.2, -0.15) is 0 Å². The molecule has 2 N–H and O–H groups in total. The fourth-order valence-corrected chi connectivity index (χ4v) is 4.16. The zero-order chi connectivity index (χ0) is 20.1. The van der Waals surface area contributed by atoms with Gasteiger partial charge >= 0.3 is 6.09 Å². The fraction of sp³-hybridized carbons (Fsp3) is 0.182. The highest BCUT2D eigenvalue weighted by atomic mass is 16.5. The standard InChI is InChI=1S/C22H20N4O3/c1-3-25-15-8-7-13(23-22(28)29-4-2)12-14(15)19-16(25)9-10-17-20(19)24-21(27)18-6-5-11-26(17)18/h5-12H,3-4H2,1-2H3,(H,23,28)(H,24,27). The van der Waals surface area contributed by atoms with E-state index in [0.717, 1.165) is 39.4 Å². The van der Waals surface area contributed by atoms with Gasteiger partial charge in [-0.1, -0.05) is 0 Å². The van der Waals surface area contributed by atoms with E-state index < -0.39 is 6.09 Å². The highest BCUT2D eigenvalue weighted by molar-refractivity contribution is 6.19. The highest BCUT2D eigenvalue weighted by Gasteiger charge is 2.16. The van der Waals surface area contributed by atoms with Gasteiger partial charge in [0.2, 0.25) is 0 Å². The molecule has 0 aliphatic carbocycles. The third kappa shape index (κ3) is 2.51. The molecule has 146 valence electrons. The molecule has 0 fully saturated rings. The Morgan fingerprint density at radius 1 is 1.07 bits per heavy atom. The van der Waals surface area contributed by atoms with Crippen LogP contribution in [-0.2, 0) is 11.3 Å². The van der Waals surface area contributed by atoms with E-state index in [2.05, 4.69) is 27.9 Å². The smallest absolute Gasteiger partial charge is 0.411 e. The molecule has 7 heteroatoms. The van der Waals surface area contributed by atoms with Crippen LogP contribution in [0.15, 0.2) is 53.5 Å². The van der Waals surface area contributed by atoms with Crippen LogP contribution in [0.2, 0.25) is 0 Å². The van der Waals surface area contributed by atoms with Crippen LogP contribution in [0.3, 0.4) is 0 Å². The Kier molecular flexibility index (Phi) is 3.84. The Balaban J connectivity index is 1.88. The Bertz CT molecular complexity index is 1470.